The predicted octanol–water partition coefficient (Wildman–Crippen LogP) is 0.820. The normalized spacial score (nSPS) is 14.6. The van der Waals surface area contributed by atoms with E-state index in [1.165, 1.54) is 0 Å². The number of anilines is 2. The van der Waals surface area contributed by atoms with Gasteiger partial charge in [0.05, 0.1) is 0 Å². The van der Waals surface area contributed by atoms with Gasteiger partial charge in [-0.3, -0.25) is 14.4 Å². The number of likely N-dealkylation sites (N-methyl/N-ethyl adjacent to an activating group) is 1. The summed E-state index contributed by atoms with van der Waals surface area (Å²) in [6.45, 7) is 1.74. The fraction of sp³-hybridized carbons (Fsp3) is 0.471. The third-order valence-electron chi connectivity index (χ3n) is 3.79. The summed E-state index contributed by atoms with van der Waals surface area (Å²) in [6, 6.07) is 7.00. The lowest BCUT2D eigenvalue weighted by Gasteiger charge is -2.27. The van der Waals surface area contributed by atoms with E-state index in [1.54, 1.807) is 23.1 Å². The first kappa shape index (κ1) is 17.9. The number of carbonyl (C=O) groups is 3. The summed E-state index contributed by atoms with van der Waals surface area (Å²) in [4.78, 5) is 39.3. The first-order valence-electron chi connectivity index (χ1n) is 8.11. The van der Waals surface area contributed by atoms with Gasteiger partial charge in [0.1, 0.15) is 0 Å². The van der Waals surface area contributed by atoms with Crippen LogP contribution in [0.4, 0.5) is 11.4 Å². The fourth-order valence-electron chi connectivity index (χ4n) is 2.49. The molecule has 1 fully saturated rings. The molecule has 0 bridgehead atoms. The Bertz CT molecular complexity index is 616. The highest BCUT2D eigenvalue weighted by molar-refractivity contribution is 6.39. The van der Waals surface area contributed by atoms with Crippen LogP contribution in [0.3, 0.4) is 0 Å². The second-order valence-corrected chi connectivity index (χ2v) is 6.07. The van der Waals surface area contributed by atoms with Gasteiger partial charge in [-0.25, -0.2) is 0 Å². The number of carbonyl (C=O) groups excluding carboxylic acids is 3. The highest BCUT2D eigenvalue weighted by Gasteiger charge is 2.20. The summed E-state index contributed by atoms with van der Waals surface area (Å²) in [5.74, 6) is -1.29. The van der Waals surface area contributed by atoms with Crippen LogP contribution in [-0.4, -0.2) is 56.4 Å². The zero-order chi connectivity index (χ0) is 17.5. The number of hydrogen-bond acceptors (Lipinski definition) is 4. The Morgan fingerprint density at radius 2 is 2.00 bits per heavy atom. The van der Waals surface area contributed by atoms with Crippen molar-refractivity contribution in [2.24, 2.45) is 0 Å². The van der Waals surface area contributed by atoms with Crippen molar-refractivity contribution < 1.29 is 14.4 Å². The van der Waals surface area contributed by atoms with E-state index >= 15 is 0 Å². The fourth-order valence-corrected chi connectivity index (χ4v) is 2.49. The maximum absolute atomic E-state index is 12.0. The van der Waals surface area contributed by atoms with Gasteiger partial charge < -0.3 is 20.4 Å². The number of nitrogens with one attached hydrogen (secondary N) is 2. The van der Waals surface area contributed by atoms with E-state index in [9.17, 15) is 14.4 Å². The van der Waals surface area contributed by atoms with Crippen LogP contribution < -0.4 is 15.5 Å². The number of benzene rings is 1. The summed E-state index contributed by atoms with van der Waals surface area (Å²) in [5.41, 5.74) is 1.24. The molecule has 1 aromatic carbocycles. The van der Waals surface area contributed by atoms with Crippen LogP contribution in [-0.2, 0) is 14.4 Å². The van der Waals surface area contributed by atoms with E-state index in [0.29, 0.717) is 31.7 Å². The SMILES string of the molecule is CN(C)CCNC(=O)C(=O)Nc1cccc(N2CCCCC2=O)c1. The summed E-state index contributed by atoms with van der Waals surface area (Å²) in [5, 5.41) is 5.13. The van der Waals surface area contributed by atoms with Gasteiger partial charge in [-0.05, 0) is 45.1 Å². The smallest absolute Gasteiger partial charge is 0.313 e. The molecule has 3 amide bonds. The zero-order valence-corrected chi connectivity index (χ0v) is 14.2. The number of amides is 3. The molecule has 1 aliphatic heterocycles. The molecule has 7 heteroatoms. The highest BCUT2D eigenvalue weighted by Crippen LogP contribution is 2.23. The van der Waals surface area contributed by atoms with E-state index in [4.69, 9.17) is 0 Å². The van der Waals surface area contributed by atoms with Gasteiger partial charge >= 0.3 is 11.8 Å². The Morgan fingerprint density at radius 1 is 1.21 bits per heavy atom. The predicted molar refractivity (Wildman–Crippen MR) is 92.8 cm³/mol. The van der Waals surface area contributed by atoms with Crippen LogP contribution in [0.15, 0.2) is 24.3 Å². The molecule has 0 aliphatic carbocycles. The van der Waals surface area contributed by atoms with E-state index in [2.05, 4.69) is 10.6 Å². The van der Waals surface area contributed by atoms with Crippen LogP contribution in [0.1, 0.15) is 19.3 Å². The maximum Gasteiger partial charge on any atom is 0.313 e. The van der Waals surface area contributed by atoms with Gasteiger partial charge in [0.15, 0.2) is 0 Å². The Morgan fingerprint density at radius 3 is 2.71 bits per heavy atom. The second kappa shape index (κ2) is 8.44. The lowest BCUT2D eigenvalue weighted by molar-refractivity contribution is -0.136. The second-order valence-electron chi connectivity index (χ2n) is 6.07. The van der Waals surface area contributed by atoms with E-state index in [1.807, 2.05) is 25.1 Å². The van der Waals surface area contributed by atoms with E-state index in [-0.39, 0.29) is 5.91 Å². The van der Waals surface area contributed by atoms with Gasteiger partial charge in [0.25, 0.3) is 0 Å². The molecular formula is C17H24N4O3. The van der Waals surface area contributed by atoms with Gasteiger partial charge in [-0.1, -0.05) is 6.07 Å². The first-order chi connectivity index (χ1) is 11.5. The summed E-state index contributed by atoms with van der Waals surface area (Å²) in [6.07, 6.45) is 2.43. The Labute approximate surface area is 142 Å². The lowest BCUT2D eigenvalue weighted by atomic mass is 10.1. The topological polar surface area (TPSA) is 81.8 Å². The van der Waals surface area contributed by atoms with Crippen molar-refractivity contribution in [1.29, 1.82) is 0 Å². The van der Waals surface area contributed by atoms with Gasteiger partial charge in [0.2, 0.25) is 5.91 Å². The highest BCUT2D eigenvalue weighted by atomic mass is 16.2. The molecule has 1 aliphatic rings. The molecule has 130 valence electrons. The minimum atomic E-state index is -0.712. The van der Waals surface area contributed by atoms with Gasteiger partial charge in [0, 0.05) is 37.4 Å². The van der Waals surface area contributed by atoms with E-state index < -0.39 is 11.8 Å². The van der Waals surface area contributed by atoms with Crippen molar-refractivity contribution in [3.8, 4) is 0 Å². The summed E-state index contributed by atoms with van der Waals surface area (Å²) >= 11 is 0. The molecule has 0 atom stereocenters. The summed E-state index contributed by atoms with van der Waals surface area (Å²) in [7, 11) is 3.78. The number of rotatable bonds is 5. The van der Waals surface area contributed by atoms with Crippen LogP contribution >= 0.6 is 0 Å². The van der Waals surface area contributed by atoms with Crippen LogP contribution in [0.25, 0.3) is 0 Å². The molecule has 1 heterocycles. The lowest BCUT2D eigenvalue weighted by Crippen LogP contribution is -2.39. The molecule has 0 saturated carbocycles. The van der Waals surface area contributed by atoms with Crippen molar-refractivity contribution in [3.05, 3.63) is 24.3 Å². The molecule has 0 spiro atoms. The number of hydrogen-bond donors (Lipinski definition) is 2. The quantitative estimate of drug-likeness (QED) is 0.782. The van der Waals surface area contributed by atoms with Crippen molar-refractivity contribution >= 4 is 29.1 Å². The minimum Gasteiger partial charge on any atom is -0.347 e. The van der Waals surface area contributed by atoms with Crippen molar-refractivity contribution in [1.82, 2.24) is 10.2 Å². The molecule has 7 nitrogen and oxygen atoms in total. The molecule has 0 aromatic heterocycles. The van der Waals surface area contributed by atoms with Gasteiger partial charge in [-0.15, -0.1) is 0 Å². The van der Waals surface area contributed by atoms with Crippen LogP contribution in [0, 0.1) is 0 Å². The van der Waals surface area contributed by atoms with Crippen LogP contribution in [0.2, 0.25) is 0 Å². The van der Waals surface area contributed by atoms with Crippen LogP contribution in [0.5, 0.6) is 0 Å². The van der Waals surface area contributed by atoms with Crippen molar-refractivity contribution in [3.63, 3.8) is 0 Å². The summed E-state index contributed by atoms with van der Waals surface area (Å²) < 4.78 is 0. The number of nitrogens with zero attached hydrogens (tertiary/aromatic N) is 2. The average Bonchev–Trinajstić information content (AvgIpc) is 2.55. The molecule has 24 heavy (non-hydrogen) atoms. The standard InChI is InChI=1S/C17H24N4O3/c1-20(2)11-9-18-16(23)17(24)19-13-6-5-7-14(12-13)21-10-4-3-8-15(21)22/h5-7,12H,3-4,8-11H2,1-2H3,(H,18,23)(H,19,24). The van der Waals surface area contributed by atoms with Crippen molar-refractivity contribution in [2.45, 2.75) is 19.3 Å². The van der Waals surface area contributed by atoms with Gasteiger partial charge in [-0.2, -0.15) is 0 Å². The average molecular weight is 332 g/mol. The van der Waals surface area contributed by atoms with E-state index in [0.717, 1.165) is 18.5 Å². The Hall–Kier alpha value is -2.41. The molecule has 1 aromatic rings. The number of piperidine rings is 1. The zero-order valence-electron chi connectivity index (χ0n) is 14.2. The van der Waals surface area contributed by atoms with Crippen molar-refractivity contribution in [2.75, 3.05) is 43.9 Å². The largest absolute Gasteiger partial charge is 0.347 e. The molecule has 1 saturated heterocycles. The maximum atomic E-state index is 12.0. The third kappa shape index (κ3) is 5.06. The Balaban J connectivity index is 1.95. The Kier molecular flexibility index (Phi) is 6.31. The molecule has 0 unspecified atom stereocenters. The molecule has 2 rings (SSSR count). The minimum absolute atomic E-state index is 0.0890. The molecule has 0 radical (unpaired) electrons. The third-order valence-corrected chi connectivity index (χ3v) is 3.79. The monoisotopic (exact) mass is 332 g/mol. The molecule has 2 N–H and O–H groups in total. The first-order valence-corrected chi connectivity index (χ1v) is 8.11. The molecular weight excluding hydrogens is 308 g/mol.